The Morgan fingerprint density at radius 2 is 1.90 bits per heavy atom. The molecule has 0 aliphatic heterocycles. The maximum absolute atomic E-state index is 12.8. The van der Waals surface area contributed by atoms with E-state index in [4.69, 9.17) is 9.15 Å². The molecule has 3 aromatic heterocycles. The molecule has 0 radical (unpaired) electrons. The molecular weight excluding hydrogens is 378 g/mol. The van der Waals surface area contributed by atoms with E-state index in [0.29, 0.717) is 28.9 Å². The van der Waals surface area contributed by atoms with Crippen LogP contribution in [-0.2, 0) is 6.61 Å². The predicted molar refractivity (Wildman–Crippen MR) is 114 cm³/mol. The molecule has 0 bridgehead atoms. The van der Waals surface area contributed by atoms with Gasteiger partial charge in [0, 0.05) is 35.8 Å². The van der Waals surface area contributed by atoms with E-state index in [1.165, 1.54) is 6.26 Å². The fourth-order valence-electron chi connectivity index (χ4n) is 3.24. The van der Waals surface area contributed by atoms with Gasteiger partial charge in [-0.1, -0.05) is 24.3 Å². The molecule has 6 heteroatoms. The highest BCUT2D eigenvalue weighted by molar-refractivity contribution is 5.82. The zero-order valence-electron chi connectivity index (χ0n) is 15.9. The standard InChI is InChI=1S/C24H17N3O3/c28-24-21-9-8-20(11-23(21)30-16-22(24)18-5-4-10-25-13-18)29-15-17-12-26-27(14-17)19-6-2-1-3-7-19/h1-14,16H,15H2. The Hall–Kier alpha value is -4.19. The first kappa shape index (κ1) is 17.9. The first-order chi connectivity index (χ1) is 14.8. The molecule has 2 aromatic carbocycles. The Kier molecular flexibility index (Phi) is 4.57. The number of aromatic nitrogens is 3. The van der Waals surface area contributed by atoms with E-state index in [9.17, 15) is 4.79 Å². The molecule has 30 heavy (non-hydrogen) atoms. The number of para-hydroxylation sites is 1. The van der Waals surface area contributed by atoms with Gasteiger partial charge in [0.05, 0.1) is 22.8 Å². The lowest BCUT2D eigenvalue weighted by atomic mass is 10.1. The van der Waals surface area contributed by atoms with E-state index in [0.717, 1.165) is 16.8 Å². The van der Waals surface area contributed by atoms with Crippen LogP contribution in [0.15, 0.2) is 101 Å². The number of hydrogen-bond donors (Lipinski definition) is 0. The first-order valence-corrected chi connectivity index (χ1v) is 9.46. The number of ether oxygens (including phenoxy) is 1. The van der Waals surface area contributed by atoms with Gasteiger partial charge in [0.25, 0.3) is 0 Å². The van der Waals surface area contributed by atoms with Crippen LogP contribution in [0.3, 0.4) is 0 Å². The molecule has 0 saturated heterocycles. The van der Waals surface area contributed by atoms with E-state index < -0.39 is 0 Å². The molecule has 0 fully saturated rings. The summed E-state index contributed by atoms with van der Waals surface area (Å²) in [6.07, 6.45) is 8.48. The summed E-state index contributed by atoms with van der Waals surface area (Å²) in [5.41, 5.74) is 3.51. The molecule has 3 heterocycles. The van der Waals surface area contributed by atoms with Crippen molar-refractivity contribution < 1.29 is 9.15 Å². The number of rotatable bonds is 5. The fourth-order valence-corrected chi connectivity index (χ4v) is 3.24. The Bertz CT molecular complexity index is 1360. The molecule has 0 N–H and O–H groups in total. The maximum atomic E-state index is 12.8. The summed E-state index contributed by atoms with van der Waals surface area (Å²) in [6.45, 7) is 0.357. The second kappa shape index (κ2) is 7.67. The molecule has 0 aliphatic rings. The van der Waals surface area contributed by atoms with Crippen LogP contribution in [0, 0.1) is 0 Å². The molecule has 6 nitrogen and oxygen atoms in total. The van der Waals surface area contributed by atoms with E-state index >= 15 is 0 Å². The Morgan fingerprint density at radius 3 is 2.73 bits per heavy atom. The lowest BCUT2D eigenvalue weighted by Gasteiger charge is -2.07. The lowest BCUT2D eigenvalue weighted by molar-refractivity contribution is 0.306. The van der Waals surface area contributed by atoms with Gasteiger partial charge >= 0.3 is 0 Å². The molecule has 0 unspecified atom stereocenters. The molecule has 5 aromatic rings. The molecule has 0 aliphatic carbocycles. The van der Waals surface area contributed by atoms with Gasteiger partial charge in [-0.2, -0.15) is 5.10 Å². The van der Waals surface area contributed by atoms with Gasteiger partial charge in [-0.25, -0.2) is 4.68 Å². The van der Waals surface area contributed by atoms with Crippen molar-refractivity contribution >= 4 is 11.0 Å². The summed E-state index contributed by atoms with van der Waals surface area (Å²) in [5, 5.41) is 4.87. The van der Waals surface area contributed by atoms with E-state index in [1.54, 1.807) is 47.5 Å². The quantitative estimate of drug-likeness (QED) is 0.434. The molecule has 0 amide bonds. The minimum absolute atomic E-state index is 0.0973. The first-order valence-electron chi connectivity index (χ1n) is 9.46. The van der Waals surface area contributed by atoms with Gasteiger partial charge in [-0.3, -0.25) is 9.78 Å². The van der Waals surface area contributed by atoms with Crippen molar-refractivity contribution in [2.75, 3.05) is 0 Å². The van der Waals surface area contributed by atoms with Crippen molar-refractivity contribution in [2.24, 2.45) is 0 Å². The average Bonchev–Trinajstić information content (AvgIpc) is 3.28. The van der Waals surface area contributed by atoms with Crippen LogP contribution < -0.4 is 10.2 Å². The fraction of sp³-hybridized carbons (Fsp3) is 0.0417. The highest BCUT2D eigenvalue weighted by Crippen LogP contribution is 2.23. The summed E-state index contributed by atoms with van der Waals surface area (Å²) >= 11 is 0. The van der Waals surface area contributed by atoms with Crippen LogP contribution in [0.5, 0.6) is 5.75 Å². The Labute approximate surface area is 172 Å². The van der Waals surface area contributed by atoms with Gasteiger partial charge < -0.3 is 9.15 Å². The van der Waals surface area contributed by atoms with Gasteiger partial charge in [-0.15, -0.1) is 0 Å². The van der Waals surface area contributed by atoms with E-state index in [2.05, 4.69) is 10.1 Å². The van der Waals surface area contributed by atoms with Crippen LogP contribution >= 0.6 is 0 Å². The van der Waals surface area contributed by atoms with Crippen molar-refractivity contribution in [3.63, 3.8) is 0 Å². The van der Waals surface area contributed by atoms with Crippen molar-refractivity contribution in [1.82, 2.24) is 14.8 Å². The topological polar surface area (TPSA) is 70.2 Å². The van der Waals surface area contributed by atoms with E-state index in [-0.39, 0.29) is 5.43 Å². The van der Waals surface area contributed by atoms with Crippen LogP contribution in [0.2, 0.25) is 0 Å². The summed E-state index contributed by atoms with van der Waals surface area (Å²) < 4.78 is 13.4. The zero-order chi connectivity index (χ0) is 20.3. The third kappa shape index (κ3) is 3.46. The van der Waals surface area contributed by atoms with Crippen molar-refractivity contribution in [1.29, 1.82) is 0 Å². The number of nitrogens with zero attached hydrogens (tertiary/aromatic N) is 3. The maximum Gasteiger partial charge on any atom is 0.200 e. The molecule has 0 saturated carbocycles. The monoisotopic (exact) mass is 395 g/mol. The summed E-state index contributed by atoms with van der Waals surface area (Å²) in [4.78, 5) is 16.9. The minimum Gasteiger partial charge on any atom is -0.489 e. The largest absolute Gasteiger partial charge is 0.489 e. The summed E-state index contributed by atoms with van der Waals surface area (Å²) in [6, 6.07) is 18.7. The molecule has 5 rings (SSSR count). The number of benzene rings is 2. The van der Waals surface area contributed by atoms with Crippen LogP contribution in [0.4, 0.5) is 0 Å². The van der Waals surface area contributed by atoms with Crippen LogP contribution in [0.1, 0.15) is 5.56 Å². The van der Waals surface area contributed by atoms with E-state index in [1.807, 2.05) is 42.6 Å². The zero-order valence-corrected chi connectivity index (χ0v) is 15.9. The van der Waals surface area contributed by atoms with Gasteiger partial charge in [-0.05, 0) is 30.3 Å². The molecule has 0 atom stereocenters. The highest BCUT2D eigenvalue weighted by atomic mass is 16.5. The smallest absolute Gasteiger partial charge is 0.200 e. The van der Waals surface area contributed by atoms with Crippen molar-refractivity contribution in [2.45, 2.75) is 6.61 Å². The number of fused-ring (bicyclic) bond motifs is 1. The van der Waals surface area contributed by atoms with Gasteiger partial charge in [0.15, 0.2) is 0 Å². The Balaban J connectivity index is 1.36. The highest BCUT2D eigenvalue weighted by Gasteiger charge is 2.10. The average molecular weight is 395 g/mol. The van der Waals surface area contributed by atoms with Crippen molar-refractivity contribution in [3.05, 3.63) is 108 Å². The third-order valence-corrected chi connectivity index (χ3v) is 4.78. The van der Waals surface area contributed by atoms with Gasteiger partial charge in [0.1, 0.15) is 24.2 Å². The third-order valence-electron chi connectivity index (χ3n) is 4.78. The van der Waals surface area contributed by atoms with Gasteiger partial charge in [0.2, 0.25) is 5.43 Å². The number of hydrogen-bond acceptors (Lipinski definition) is 5. The van der Waals surface area contributed by atoms with Crippen LogP contribution in [0.25, 0.3) is 27.8 Å². The molecular formula is C24H17N3O3. The summed E-state index contributed by atoms with van der Waals surface area (Å²) in [7, 11) is 0. The second-order valence-electron chi connectivity index (χ2n) is 6.80. The molecule has 0 spiro atoms. The second-order valence-corrected chi connectivity index (χ2v) is 6.80. The molecule has 146 valence electrons. The van der Waals surface area contributed by atoms with Crippen molar-refractivity contribution in [3.8, 4) is 22.6 Å². The normalized spacial score (nSPS) is 10.9. The number of pyridine rings is 1. The summed E-state index contributed by atoms with van der Waals surface area (Å²) in [5.74, 6) is 0.618. The Morgan fingerprint density at radius 1 is 1.00 bits per heavy atom. The van der Waals surface area contributed by atoms with Crippen LogP contribution in [-0.4, -0.2) is 14.8 Å². The minimum atomic E-state index is -0.0973. The lowest BCUT2D eigenvalue weighted by Crippen LogP contribution is -2.05. The predicted octanol–water partition coefficient (Wildman–Crippen LogP) is 4.62. The SMILES string of the molecule is O=c1c(-c2cccnc2)coc2cc(OCc3cnn(-c4ccccc4)c3)ccc12.